The minimum atomic E-state index is -0.951. The van der Waals surface area contributed by atoms with Gasteiger partial charge in [-0.1, -0.05) is 0 Å². The molecule has 2 amide bonds. The van der Waals surface area contributed by atoms with Crippen molar-refractivity contribution in [2.75, 3.05) is 51.6 Å². The second-order valence-corrected chi connectivity index (χ2v) is 9.83. The van der Waals surface area contributed by atoms with Crippen molar-refractivity contribution >= 4 is 40.4 Å². The number of hydrogen-bond donors (Lipinski definition) is 3. The molecule has 2 fully saturated rings. The zero-order valence-electron chi connectivity index (χ0n) is 22.0. The molecule has 39 heavy (non-hydrogen) atoms. The number of amides is 2. The van der Waals surface area contributed by atoms with Gasteiger partial charge in [0.05, 0.1) is 32.6 Å². The number of anilines is 2. The summed E-state index contributed by atoms with van der Waals surface area (Å²) in [6.45, 7) is 1.92. The molecule has 0 unspecified atom stereocenters. The lowest BCUT2D eigenvalue weighted by atomic mass is 10.0. The van der Waals surface area contributed by atoms with Gasteiger partial charge in [-0.3, -0.25) is 4.79 Å². The number of carbonyl (C=O) groups excluding carboxylic acids is 2. The maximum absolute atomic E-state index is 13.7. The van der Waals surface area contributed by atoms with Gasteiger partial charge in [0.15, 0.2) is 0 Å². The highest BCUT2D eigenvalue weighted by Crippen LogP contribution is 2.37. The van der Waals surface area contributed by atoms with Crippen LogP contribution in [0.2, 0.25) is 0 Å². The van der Waals surface area contributed by atoms with E-state index in [1.807, 2.05) is 10.6 Å². The standard InChI is InChI=1S/C27H31N5O7/c1-37-21-10-18(26(34)39-3)8-19(23(21)28-11-16-12-31(13-16)27(35)36)29-25(33)20-9-17-6-7-22(38-2)30-24(17)32(20)14-15-4-5-15/h6-10,15-16,28H,4-5,11-14H2,1-3H3,(H,29,33)(H,35,36). The summed E-state index contributed by atoms with van der Waals surface area (Å²) < 4.78 is 17.7. The number of pyridine rings is 1. The van der Waals surface area contributed by atoms with Gasteiger partial charge in [0.2, 0.25) is 5.88 Å². The Hall–Kier alpha value is -4.48. The Morgan fingerprint density at radius 1 is 1.05 bits per heavy atom. The monoisotopic (exact) mass is 537 g/mol. The van der Waals surface area contributed by atoms with E-state index in [1.165, 1.54) is 31.3 Å². The van der Waals surface area contributed by atoms with Gasteiger partial charge in [-0.25, -0.2) is 9.59 Å². The second-order valence-electron chi connectivity index (χ2n) is 9.83. The van der Waals surface area contributed by atoms with E-state index in [0.717, 1.165) is 18.2 Å². The minimum absolute atomic E-state index is 0.0942. The molecular formula is C27H31N5O7. The highest BCUT2D eigenvalue weighted by atomic mass is 16.5. The average Bonchev–Trinajstić information content (AvgIpc) is 3.66. The number of fused-ring (bicyclic) bond motifs is 1. The van der Waals surface area contributed by atoms with Crippen LogP contribution in [0.4, 0.5) is 16.2 Å². The molecule has 12 heteroatoms. The number of carbonyl (C=O) groups is 3. The lowest BCUT2D eigenvalue weighted by Crippen LogP contribution is -2.51. The zero-order chi connectivity index (χ0) is 27.7. The Kier molecular flexibility index (Phi) is 7.18. The molecule has 1 aromatic carbocycles. The van der Waals surface area contributed by atoms with Crippen molar-refractivity contribution in [2.24, 2.45) is 11.8 Å². The third-order valence-electron chi connectivity index (χ3n) is 7.08. The summed E-state index contributed by atoms with van der Waals surface area (Å²) >= 11 is 0. The summed E-state index contributed by atoms with van der Waals surface area (Å²) in [5, 5.41) is 16.2. The molecule has 3 aromatic rings. The van der Waals surface area contributed by atoms with E-state index < -0.39 is 12.1 Å². The van der Waals surface area contributed by atoms with E-state index in [-0.39, 0.29) is 17.4 Å². The molecule has 3 heterocycles. The molecule has 1 aliphatic carbocycles. The fourth-order valence-corrected chi connectivity index (χ4v) is 4.74. The van der Waals surface area contributed by atoms with Gasteiger partial charge >= 0.3 is 12.1 Å². The fourth-order valence-electron chi connectivity index (χ4n) is 4.74. The Labute approximate surface area is 224 Å². The number of nitrogens with zero attached hydrogens (tertiary/aromatic N) is 3. The summed E-state index contributed by atoms with van der Waals surface area (Å²) in [7, 11) is 4.30. The quantitative estimate of drug-likeness (QED) is 0.331. The van der Waals surface area contributed by atoms with E-state index in [9.17, 15) is 14.4 Å². The number of rotatable bonds is 10. The Morgan fingerprint density at radius 3 is 2.46 bits per heavy atom. The van der Waals surface area contributed by atoms with Crippen LogP contribution < -0.4 is 20.1 Å². The van der Waals surface area contributed by atoms with Gasteiger partial charge < -0.3 is 39.4 Å². The Morgan fingerprint density at radius 2 is 1.82 bits per heavy atom. The Bertz CT molecular complexity index is 1430. The highest BCUT2D eigenvalue weighted by Gasteiger charge is 2.31. The molecule has 0 spiro atoms. The third-order valence-corrected chi connectivity index (χ3v) is 7.08. The lowest BCUT2D eigenvalue weighted by molar-refractivity contribution is 0.0600. The predicted molar refractivity (Wildman–Crippen MR) is 143 cm³/mol. The van der Waals surface area contributed by atoms with E-state index in [2.05, 4.69) is 15.6 Å². The molecule has 0 bridgehead atoms. The van der Waals surface area contributed by atoms with Crippen molar-refractivity contribution in [3.05, 3.63) is 41.6 Å². The third kappa shape index (κ3) is 5.40. The first-order chi connectivity index (χ1) is 18.8. The van der Waals surface area contributed by atoms with E-state index in [1.54, 1.807) is 19.2 Å². The first kappa shape index (κ1) is 26.1. The number of esters is 1. The second kappa shape index (κ2) is 10.7. The van der Waals surface area contributed by atoms with E-state index in [4.69, 9.17) is 19.3 Å². The van der Waals surface area contributed by atoms with E-state index in [0.29, 0.717) is 66.4 Å². The van der Waals surface area contributed by atoms with Crippen molar-refractivity contribution in [1.82, 2.24) is 14.5 Å². The topological polar surface area (TPSA) is 144 Å². The molecular weight excluding hydrogens is 506 g/mol. The van der Waals surface area contributed by atoms with Gasteiger partial charge in [0, 0.05) is 43.5 Å². The predicted octanol–water partition coefficient (Wildman–Crippen LogP) is 3.52. The molecule has 2 aromatic heterocycles. The number of likely N-dealkylation sites (tertiary alicyclic amines) is 1. The van der Waals surface area contributed by atoms with Crippen LogP contribution in [0.15, 0.2) is 30.3 Å². The number of methoxy groups -OCH3 is 3. The molecule has 206 valence electrons. The number of nitrogens with one attached hydrogen (secondary N) is 2. The Balaban J connectivity index is 1.47. The van der Waals surface area contributed by atoms with Crippen LogP contribution >= 0.6 is 0 Å². The van der Waals surface area contributed by atoms with Gasteiger partial charge in [-0.05, 0) is 43.0 Å². The molecule has 0 radical (unpaired) electrons. The van der Waals surface area contributed by atoms with Crippen molar-refractivity contribution < 1.29 is 33.7 Å². The summed E-state index contributed by atoms with van der Waals surface area (Å²) in [4.78, 5) is 43.2. The molecule has 5 rings (SSSR count). The summed E-state index contributed by atoms with van der Waals surface area (Å²) in [5.41, 5.74) is 2.13. The van der Waals surface area contributed by atoms with Crippen LogP contribution in [0, 0.1) is 11.8 Å². The molecule has 0 atom stereocenters. The number of carboxylic acid groups (broad SMARTS) is 1. The van der Waals surface area contributed by atoms with Crippen molar-refractivity contribution in [1.29, 1.82) is 0 Å². The van der Waals surface area contributed by atoms with Crippen LogP contribution in [0.5, 0.6) is 11.6 Å². The van der Waals surface area contributed by atoms with Crippen LogP contribution in [0.3, 0.4) is 0 Å². The largest absolute Gasteiger partial charge is 0.494 e. The highest BCUT2D eigenvalue weighted by molar-refractivity contribution is 6.08. The van der Waals surface area contributed by atoms with Gasteiger partial charge in [-0.2, -0.15) is 4.98 Å². The van der Waals surface area contributed by atoms with Crippen LogP contribution in [0.1, 0.15) is 33.7 Å². The van der Waals surface area contributed by atoms with Gasteiger partial charge in [-0.15, -0.1) is 0 Å². The molecule has 1 saturated carbocycles. The zero-order valence-corrected chi connectivity index (χ0v) is 22.0. The summed E-state index contributed by atoms with van der Waals surface area (Å²) in [5.74, 6) is 0.423. The number of ether oxygens (including phenoxy) is 3. The van der Waals surface area contributed by atoms with E-state index >= 15 is 0 Å². The molecule has 1 aliphatic heterocycles. The van der Waals surface area contributed by atoms with Crippen LogP contribution in [-0.2, 0) is 11.3 Å². The van der Waals surface area contributed by atoms with Gasteiger partial charge in [0.25, 0.3) is 5.91 Å². The summed E-state index contributed by atoms with van der Waals surface area (Å²) in [6.07, 6.45) is 1.24. The minimum Gasteiger partial charge on any atom is -0.494 e. The van der Waals surface area contributed by atoms with Crippen molar-refractivity contribution in [3.63, 3.8) is 0 Å². The smallest absolute Gasteiger partial charge is 0.407 e. The van der Waals surface area contributed by atoms with Crippen molar-refractivity contribution in [2.45, 2.75) is 19.4 Å². The average molecular weight is 538 g/mol. The maximum Gasteiger partial charge on any atom is 0.407 e. The maximum atomic E-state index is 13.7. The fraction of sp³-hybridized carbons (Fsp3) is 0.407. The van der Waals surface area contributed by atoms with Crippen LogP contribution in [-0.4, -0.2) is 78.5 Å². The lowest BCUT2D eigenvalue weighted by Gasteiger charge is -2.37. The normalized spacial score (nSPS) is 15.0. The molecule has 12 nitrogen and oxygen atoms in total. The number of benzene rings is 1. The first-order valence-electron chi connectivity index (χ1n) is 12.7. The molecule has 3 N–H and O–H groups in total. The summed E-state index contributed by atoms with van der Waals surface area (Å²) in [6, 6.07) is 8.49. The van der Waals surface area contributed by atoms with Crippen molar-refractivity contribution in [3.8, 4) is 11.6 Å². The number of aromatic nitrogens is 2. The van der Waals surface area contributed by atoms with Gasteiger partial charge in [0.1, 0.15) is 22.8 Å². The number of hydrogen-bond acceptors (Lipinski definition) is 8. The molecule has 2 aliphatic rings. The van der Waals surface area contributed by atoms with Crippen LogP contribution in [0.25, 0.3) is 11.0 Å². The SMILES string of the molecule is COC(=O)c1cc(NC(=O)c2cc3ccc(OC)nc3n2CC2CC2)c(NCC2CN(C(=O)O)C2)c(OC)c1. The molecule has 1 saturated heterocycles. The first-order valence-corrected chi connectivity index (χ1v) is 12.7.